The van der Waals surface area contributed by atoms with Gasteiger partial charge in [0.25, 0.3) is 0 Å². The molecule has 0 radical (unpaired) electrons. The molecule has 1 aromatic carbocycles. The first kappa shape index (κ1) is 20.1. The number of aliphatic hydroxyl groups is 1. The Bertz CT molecular complexity index is 428. The van der Waals surface area contributed by atoms with Gasteiger partial charge in [0.1, 0.15) is 0 Å². The van der Waals surface area contributed by atoms with Crippen molar-refractivity contribution >= 4 is 36.6 Å². The summed E-state index contributed by atoms with van der Waals surface area (Å²) in [6, 6.07) is 7.19. The van der Waals surface area contributed by atoms with Gasteiger partial charge >= 0.3 is 0 Å². The third-order valence-electron chi connectivity index (χ3n) is 3.45. The van der Waals surface area contributed by atoms with Gasteiger partial charge in [-0.25, -0.2) is 0 Å². The Balaban J connectivity index is 0.00000361. The van der Waals surface area contributed by atoms with Crippen LogP contribution in [0.4, 0.5) is 0 Å². The monoisotopic (exact) mass is 385 g/mol. The Kier molecular flexibility index (Phi) is 9.23. The molecule has 1 rings (SSSR count). The fraction of sp³-hybridized carbons (Fsp3) is 0.538. The van der Waals surface area contributed by atoms with E-state index in [1.807, 2.05) is 19.1 Å². The number of halogens is 2. The minimum absolute atomic E-state index is 0. The standard InChI is InChI=1S/C13H21ClNO3P.BrH/c1-13(15,10-4-6-12(14)7-5-10)11(3-2-8-16)9-19(17)18;/h4-7,11,16,19H,2-3,8-9,15H2,1H3,(H,17,18);1H. The van der Waals surface area contributed by atoms with E-state index in [-0.39, 0.29) is 35.7 Å². The molecule has 0 bridgehead atoms. The summed E-state index contributed by atoms with van der Waals surface area (Å²) in [6.07, 6.45) is 1.35. The van der Waals surface area contributed by atoms with Crippen LogP contribution >= 0.6 is 36.6 Å². The first-order valence-electron chi connectivity index (χ1n) is 6.25. The highest BCUT2D eigenvalue weighted by atomic mass is 79.9. The zero-order valence-electron chi connectivity index (χ0n) is 11.4. The lowest BCUT2D eigenvalue weighted by molar-refractivity contribution is 0.242. The van der Waals surface area contributed by atoms with Gasteiger partial charge in [-0.2, -0.15) is 0 Å². The van der Waals surface area contributed by atoms with E-state index in [1.165, 1.54) is 0 Å². The molecular formula is C13H22BrClNO3P. The van der Waals surface area contributed by atoms with Gasteiger partial charge in [0.05, 0.1) is 0 Å². The fourth-order valence-corrected chi connectivity index (χ4v) is 3.38. The number of hydrogen-bond acceptors (Lipinski definition) is 3. The van der Waals surface area contributed by atoms with Gasteiger partial charge in [-0.1, -0.05) is 23.7 Å². The summed E-state index contributed by atoms with van der Waals surface area (Å²) in [5.74, 6) is -0.155. The van der Waals surface area contributed by atoms with Gasteiger partial charge in [0, 0.05) is 23.3 Å². The molecule has 0 amide bonds. The highest BCUT2D eigenvalue weighted by molar-refractivity contribution is 8.93. The molecule has 0 aliphatic rings. The van der Waals surface area contributed by atoms with Crippen molar-refractivity contribution in [1.82, 2.24) is 0 Å². The lowest BCUT2D eigenvalue weighted by Gasteiger charge is -2.34. The maximum absolute atomic E-state index is 11.2. The van der Waals surface area contributed by atoms with Crippen molar-refractivity contribution in [2.45, 2.75) is 25.3 Å². The van der Waals surface area contributed by atoms with E-state index in [9.17, 15) is 9.46 Å². The zero-order chi connectivity index (χ0) is 14.5. The highest BCUT2D eigenvalue weighted by Gasteiger charge is 2.32. The van der Waals surface area contributed by atoms with Crippen molar-refractivity contribution < 1.29 is 14.6 Å². The van der Waals surface area contributed by atoms with E-state index < -0.39 is 13.6 Å². The van der Waals surface area contributed by atoms with Gasteiger partial charge in [0.2, 0.25) is 0 Å². The summed E-state index contributed by atoms with van der Waals surface area (Å²) in [5, 5.41) is 9.56. The Morgan fingerprint density at radius 2 is 1.95 bits per heavy atom. The molecule has 0 saturated carbocycles. The van der Waals surface area contributed by atoms with Gasteiger partial charge < -0.3 is 15.7 Å². The first-order valence-corrected chi connectivity index (χ1v) is 8.19. The maximum atomic E-state index is 11.2. The minimum atomic E-state index is -2.60. The smallest absolute Gasteiger partial charge is 0.189 e. The maximum Gasteiger partial charge on any atom is 0.189 e. The van der Waals surface area contributed by atoms with Gasteiger partial charge in [0.15, 0.2) is 8.03 Å². The minimum Gasteiger partial charge on any atom is -0.396 e. The van der Waals surface area contributed by atoms with Crippen LogP contribution in [0.25, 0.3) is 0 Å². The molecule has 3 atom stereocenters. The summed E-state index contributed by atoms with van der Waals surface area (Å²) in [6.45, 7) is 1.91. The lowest BCUT2D eigenvalue weighted by Crippen LogP contribution is -2.42. The summed E-state index contributed by atoms with van der Waals surface area (Å²) in [7, 11) is -2.60. The van der Waals surface area contributed by atoms with Crippen molar-refractivity contribution in [3.8, 4) is 0 Å². The Labute approximate surface area is 136 Å². The van der Waals surface area contributed by atoms with Crippen LogP contribution in [-0.4, -0.2) is 22.8 Å². The second-order valence-corrected chi connectivity index (χ2v) is 6.58. The van der Waals surface area contributed by atoms with Crippen molar-refractivity contribution in [2.24, 2.45) is 11.7 Å². The summed E-state index contributed by atoms with van der Waals surface area (Å²) >= 11 is 5.85. The van der Waals surface area contributed by atoms with Crippen LogP contribution < -0.4 is 5.73 Å². The third kappa shape index (κ3) is 5.84. The Morgan fingerprint density at radius 3 is 2.40 bits per heavy atom. The van der Waals surface area contributed by atoms with E-state index in [1.54, 1.807) is 12.1 Å². The van der Waals surface area contributed by atoms with Crippen molar-refractivity contribution in [2.75, 3.05) is 12.8 Å². The molecule has 7 heteroatoms. The van der Waals surface area contributed by atoms with Crippen LogP contribution in [0.1, 0.15) is 25.3 Å². The van der Waals surface area contributed by atoms with Crippen molar-refractivity contribution in [3.05, 3.63) is 34.9 Å². The van der Waals surface area contributed by atoms with Gasteiger partial charge in [-0.15, -0.1) is 17.0 Å². The van der Waals surface area contributed by atoms with Gasteiger partial charge in [-0.3, -0.25) is 4.57 Å². The topological polar surface area (TPSA) is 83.5 Å². The van der Waals surface area contributed by atoms with Gasteiger partial charge in [-0.05, 0) is 43.4 Å². The number of rotatable bonds is 7. The quantitative estimate of drug-likeness (QED) is 0.629. The van der Waals surface area contributed by atoms with Crippen LogP contribution in [0.5, 0.6) is 0 Å². The molecule has 0 saturated heterocycles. The van der Waals surface area contributed by atoms with E-state index >= 15 is 0 Å². The fourth-order valence-electron chi connectivity index (χ4n) is 2.21. The molecule has 20 heavy (non-hydrogen) atoms. The average molecular weight is 387 g/mol. The van der Waals surface area contributed by atoms with Crippen LogP contribution in [0.3, 0.4) is 0 Å². The summed E-state index contributed by atoms with van der Waals surface area (Å²) < 4.78 is 11.2. The number of benzene rings is 1. The molecule has 0 aliphatic heterocycles. The highest BCUT2D eigenvalue weighted by Crippen LogP contribution is 2.35. The van der Waals surface area contributed by atoms with Crippen molar-refractivity contribution in [3.63, 3.8) is 0 Å². The average Bonchev–Trinajstić information content (AvgIpc) is 2.34. The number of hydrogen-bond donors (Lipinski definition) is 3. The Morgan fingerprint density at radius 1 is 1.40 bits per heavy atom. The lowest BCUT2D eigenvalue weighted by atomic mass is 9.79. The van der Waals surface area contributed by atoms with Crippen molar-refractivity contribution in [1.29, 1.82) is 0 Å². The van der Waals surface area contributed by atoms with Crippen LogP contribution in [0, 0.1) is 5.92 Å². The van der Waals surface area contributed by atoms with E-state index in [2.05, 4.69) is 0 Å². The predicted molar refractivity (Wildman–Crippen MR) is 89.2 cm³/mol. The molecule has 0 aliphatic carbocycles. The molecule has 0 fully saturated rings. The molecule has 0 aromatic heterocycles. The number of aliphatic hydroxyl groups excluding tert-OH is 1. The second kappa shape index (κ2) is 9.19. The van der Waals surface area contributed by atoms with E-state index in [0.29, 0.717) is 17.9 Å². The normalized spacial score (nSPS) is 16.9. The largest absolute Gasteiger partial charge is 0.396 e. The predicted octanol–water partition coefficient (Wildman–Crippen LogP) is 2.95. The molecule has 0 spiro atoms. The van der Waals surface area contributed by atoms with E-state index in [4.69, 9.17) is 22.4 Å². The van der Waals surface area contributed by atoms with Crippen LogP contribution in [-0.2, 0) is 10.1 Å². The number of nitrogens with two attached hydrogens (primary N) is 1. The first-order chi connectivity index (χ1) is 8.87. The summed E-state index contributed by atoms with van der Waals surface area (Å²) in [4.78, 5) is 9.18. The van der Waals surface area contributed by atoms with Crippen LogP contribution in [0.15, 0.2) is 24.3 Å². The third-order valence-corrected chi connectivity index (χ3v) is 4.54. The molecular weight excluding hydrogens is 364 g/mol. The molecule has 4 N–H and O–H groups in total. The molecule has 3 unspecified atom stereocenters. The van der Waals surface area contributed by atoms with E-state index in [0.717, 1.165) is 5.56 Å². The molecule has 4 nitrogen and oxygen atoms in total. The SMILES string of the molecule is Br.CC(N)(c1ccc(Cl)cc1)C(CCCO)C[PH](=O)O. The zero-order valence-corrected chi connectivity index (χ0v) is 14.9. The van der Waals surface area contributed by atoms with Crippen LogP contribution in [0.2, 0.25) is 5.02 Å². The second-order valence-electron chi connectivity index (χ2n) is 4.95. The Hall–Kier alpha value is 0.1000. The molecule has 1 aromatic rings. The summed E-state index contributed by atoms with van der Waals surface area (Å²) in [5.41, 5.74) is 6.52. The molecule has 0 heterocycles. The molecule has 116 valence electrons.